The molecule has 1 saturated carbocycles. The number of nitrogens with two attached hydrogens (primary N) is 1. The zero-order chi connectivity index (χ0) is 23.1. The molecule has 1 atom stereocenters. The number of hydrogen-bond acceptors (Lipinski definition) is 6. The van der Waals surface area contributed by atoms with Gasteiger partial charge >= 0.3 is 0 Å². The van der Waals surface area contributed by atoms with Gasteiger partial charge in [0.05, 0.1) is 0 Å². The summed E-state index contributed by atoms with van der Waals surface area (Å²) in [6.45, 7) is 1.61. The fourth-order valence-electron chi connectivity index (χ4n) is 4.83. The summed E-state index contributed by atoms with van der Waals surface area (Å²) >= 11 is 6.27. The normalized spacial score (nSPS) is 21.6. The third-order valence-electron chi connectivity index (χ3n) is 6.74. The summed E-state index contributed by atoms with van der Waals surface area (Å²) in [6.07, 6.45) is 4.44. The van der Waals surface area contributed by atoms with E-state index in [9.17, 15) is 5.11 Å². The van der Waals surface area contributed by atoms with Crippen LogP contribution in [0, 0.1) is 0 Å². The highest BCUT2D eigenvalue weighted by molar-refractivity contribution is 6.30. The Kier molecular flexibility index (Phi) is 7.93. The Morgan fingerprint density at radius 1 is 1.09 bits per heavy atom. The number of aliphatic hydroxyl groups excluding tert-OH is 1. The number of benzene rings is 2. The van der Waals surface area contributed by atoms with Crippen molar-refractivity contribution in [2.45, 2.75) is 43.4 Å². The molecule has 0 saturated heterocycles. The predicted octanol–water partition coefficient (Wildman–Crippen LogP) is 4.34. The van der Waals surface area contributed by atoms with Crippen molar-refractivity contribution < 1.29 is 9.84 Å². The van der Waals surface area contributed by atoms with E-state index in [1.165, 1.54) is 5.56 Å². The van der Waals surface area contributed by atoms with Gasteiger partial charge in [0, 0.05) is 35.8 Å². The van der Waals surface area contributed by atoms with Gasteiger partial charge < -0.3 is 15.6 Å². The molecule has 6 nitrogen and oxygen atoms in total. The zero-order valence-corrected chi connectivity index (χ0v) is 19.4. The highest BCUT2D eigenvalue weighted by atomic mass is 35.5. The molecule has 1 fully saturated rings. The Bertz CT molecular complexity index is 997. The number of halogens is 1. The average Bonchev–Trinajstić information content (AvgIpc) is 2.88. The molecule has 7 heteroatoms. The third-order valence-corrected chi connectivity index (χ3v) is 6.98. The minimum Gasteiger partial charge on any atom is -0.492 e. The van der Waals surface area contributed by atoms with Gasteiger partial charge in [0.25, 0.3) is 0 Å². The van der Waals surface area contributed by atoms with Crippen LogP contribution in [-0.2, 0) is 5.41 Å². The van der Waals surface area contributed by atoms with Gasteiger partial charge in [-0.25, -0.2) is 0 Å². The first-order valence-corrected chi connectivity index (χ1v) is 11.8. The van der Waals surface area contributed by atoms with Crippen LogP contribution < -0.4 is 10.5 Å². The number of aromatic nitrogens is 2. The van der Waals surface area contributed by atoms with Crippen LogP contribution in [0.25, 0.3) is 0 Å². The summed E-state index contributed by atoms with van der Waals surface area (Å²) in [6, 6.07) is 21.6. The largest absolute Gasteiger partial charge is 0.492 e. The van der Waals surface area contributed by atoms with Crippen molar-refractivity contribution in [1.82, 2.24) is 15.1 Å². The SMILES string of the molecule is NCC1(c2cccc(Cl)c2)CCC(N(CCOc2ccccc2)C(O)c2cccnn2)CC1. The van der Waals surface area contributed by atoms with Crippen LogP contribution in [0.5, 0.6) is 5.75 Å². The van der Waals surface area contributed by atoms with Crippen LogP contribution in [-0.4, -0.2) is 45.9 Å². The topological polar surface area (TPSA) is 84.5 Å². The average molecular weight is 467 g/mol. The molecule has 0 spiro atoms. The molecule has 4 rings (SSSR count). The first kappa shape index (κ1) is 23.6. The summed E-state index contributed by atoms with van der Waals surface area (Å²) < 4.78 is 5.93. The molecule has 1 aliphatic rings. The number of ether oxygens (including phenoxy) is 1. The highest BCUT2D eigenvalue weighted by Gasteiger charge is 2.39. The molecule has 0 bridgehead atoms. The van der Waals surface area contributed by atoms with Crippen LogP contribution in [0.2, 0.25) is 5.02 Å². The lowest BCUT2D eigenvalue weighted by Crippen LogP contribution is -2.48. The van der Waals surface area contributed by atoms with Gasteiger partial charge in [-0.2, -0.15) is 10.2 Å². The molecule has 174 valence electrons. The Labute approximate surface area is 200 Å². The molecule has 33 heavy (non-hydrogen) atoms. The van der Waals surface area contributed by atoms with Crippen molar-refractivity contribution in [3.05, 3.63) is 89.2 Å². The van der Waals surface area contributed by atoms with Gasteiger partial charge in [-0.1, -0.05) is 41.9 Å². The second-order valence-electron chi connectivity index (χ2n) is 8.65. The zero-order valence-electron chi connectivity index (χ0n) is 18.7. The molecular formula is C26H31ClN4O2. The Morgan fingerprint density at radius 2 is 1.88 bits per heavy atom. The van der Waals surface area contributed by atoms with E-state index in [1.54, 1.807) is 12.3 Å². The molecule has 1 heterocycles. The Hall–Kier alpha value is -2.51. The van der Waals surface area contributed by atoms with E-state index in [2.05, 4.69) is 21.2 Å². The highest BCUT2D eigenvalue weighted by Crippen LogP contribution is 2.41. The number of nitrogens with zero attached hydrogens (tertiary/aromatic N) is 3. The van der Waals surface area contributed by atoms with Crippen LogP contribution >= 0.6 is 11.6 Å². The minimum atomic E-state index is -0.848. The molecule has 0 radical (unpaired) electrons. The maximum Gasteiger partial charge on any atom is 0.152 e. The summed E-state index contributed by atoms with van der Waals surface area (Å²) in [5.41, 5.74) is 7.94. The number of hydrogen-bond donors (Lipinski definition) is 2. The summed E-state index contributed by atoms with van der Waals surface area (Å²) in [5.74, 6) is 0.818. The van der Waals surface area contributed by atoms with Crippen LogP contribution in [0.15, 0.2) is 72.9 Å². The van der Waals surface area contributed by atoms with E-state index in [0.29, 0.717) is 25.4 Å². The summed E-state index contributed by atoms with van der Waals surface area (Å²) in [5, 5.41) is 20.0. The fraction of sp³-hybridized carbons (Fsp3) is 0.385. The number of para-hydroxylation sites is 1. The van der Waals surface area contributed by atoms with Crippen molar-refractivity contribution >= 4 is 11.6 Å². The molecule has 0 aliphatic heterocycles. The maximum absolute atomic E-state index is 11.2. The second kappa shape index (κ2) is 11.1. The van der Waals surface area contributed by atoms with Gasteiger partial charge in [-0.05, 0) is 67.6 Å². The quantitative estimate of drug-likeness (QED) is 0.456. The van der Waals surface area contributed by atoms with Gasteiger partial charge in [-0.3, -0.25) is 4.90 Å². The van der Waals surface area contributed by atoms with E-state index in [1.807, 2.05) is 54.6 Å². The molecule has 3 aromatic rings. The van der Waals surface area contributed by atoms with Gasteiger partial charge in [0.2, 0.25) is 0 Å². The van der Waals surface area contributed by atoms with Crippen molar-refractivity contribution in [2.75, 3.05) is 19.7 Å². The van der Waals surface area contributed by atoms with Crippen molar-refractivity contribution in [2.24, 2.45) is 5.73 Å². The summed E-state index contributed by atoms with van der Waals surface area (Å²) in [4.78, 5) is 2.09. The van der Waals surface area contributed by atoms with Crippen LogP contribution in [0.3, 0.4) is 0 Å². The van der Waals surface area contributed by atoms with Gasteiger partial charge in [0.15, 0.2) is 6.23 Å². The van der Waals surface area contributed by atoms with E-state index in [0.717, 1.165) is 36.5 Å². The maximum atomic E-state index is 11.2. The number of rotatable bonds is 9. The lowest BCUT2D eigenvalue weighted by atomic mass is 9.68. The number of aliphatic hydroxyl groups is 1. The predicted molar refractivity (Wildman–Crippen MR) is 130 cm³/mol. The van der Waals surface area contributed by atoms with Crippen LogP contribution in [0.4, 0.5) is 0 Å². The van der Waals surface area contributed by atoms with E-state index < -0.39 is 6.23 Å². The van der Waals surface area contributed by atoms with Gasteiger partial charge in [0.1, 0.15) is 18.1 Å². The standard InChI is InChI=1S/C26H31ClN4O2/c27-21-7-4-6-20(18-21)26(19-28)13-11-22(12-14-26)31(25(32)24-10-5-15-29-30-24)16-17-33-23-8-2-1-3-9-23/h1-10,15,18,22,25,32H,11-14,16-17,19,28H2. The fourth-order valence-corrected chi connectivity index (χ4v) is 5.02. The third kappa shape index (κ3) is 5.71. The first-order chi connectivity index (χ1) is 16.1. The molecule has 1 aromatic heterocycles. The Morgan fingerprint density at radius 3 is 2.55 bits per heavy atom. The lowest BCUT2D eigenvalue weighted by molar-refractivity contribution is -0.0509. The van der Waals surface area contributed by atoms with Crippen molar-refractivity contribution in [3.63, 3.8) is 0 Å². The lowest BCUT2D eigenvalue weighted by Gasteiger charge is -2.44. The molecule has 3 N–H and O–H groups in total. The smallest absolute Gasteiger partial charge is 0.152 e. The summed E-state index contributed by atoms with van der Waals surface area (Å²) in [7, 11) is 0. The monoisotopic (exact) mass is 466 g/mol. The molecule has 1 unspecified atom stereocenters. The van der Waals surface area contributed by atoms with E-state index in [4.69, 9.17) is 22.1 Å². The molecule has 0 amide bonds. The van der Waals surface area contributed by atoms with Crippen LogP contribution in [0.1, 0.15) is 43.2 Å². The van der Waals surface area contributed by atoms with E-state index >= 15 is 0 Å². The van der Waals surface area contributed by atoms with Gasteiger partial charge in [-0.15, -0.1) is 0 Å². The second-order valence-corrected chi connectivity index (χ2v) is 9.08. The minimum absolute atomic E-state index is 0.0921. The van der Waals surface area contributed by atoms with Crippen molar-refractivity contribution in [1.29, 1.82) is 0 Å². The Balaban J connectivity index is 1.48. The molecule has 1 aliphatic carbocycles. The van der Waals surface area contributed by atoms with E-state index in [-0.39, 0.29) is 11.5 Å². The molecular weight excluding hydrogens is 436 g/mol. The van der Waals surface area contributed by atoms with Crippen molar-refractivity contribution in [3.8, 4) is 5.75 Å². The molecule has 2 aromatic carbocycles. The first-order valence-electron chi connectivity index (χ1n) is 11.5.